The summed E-state index contributed by atoms with van der Waals surface area (Å²) >= 11 is 0. The number of rotatable bonds is 5. The van der Waals surface area contributed by atoms with Gasteiger partial charge in [0, 0.05) is 12.6 Å². The Labute approximate surface area is 120 Å². The van der Waals surface area contributed by atoms with Crippen molar-refractivity contribution in [2.75, 3.05) is 20.2 Å². The van der Waals surface area contributed by atoms with E-state index in [-0.39, 0.29) is 5.97 Å². The highest BCUT2D eigenvalue weighted by molar-refractivity contribution is 5.89. The van der Waals surface area contributed by atoms with Crippen molar-refractivity contribution in [1.29, 1.82) is 0 Å². The van der Waals surface area contributed by atoms with Crippen molar-refractivity contribution >= 4 is 5.97 Å². The largest absolute Gasteiger partial charge is 0.465 e. The number of esters is 1. The summed E-state index contributed by atoms with van der Waals surface area (Å²) in [6.45, 7) is 2.74. The number of hydrogen-bond donors (Lipinski definition) is 1. The Morgan fingerprint density at radius 3 is 3.05 bits per heavy atom. The molecule has 0 radical (unpaired) electrons. The highest BCUT2D eigenvalue weighted by Crippen LogP contribution is 2.22. The van der Waals surface area contributed by atoms with Crippen LogP contribution in [0.3, 0.4) is 0 Å². The summed E-state index contributed by atoms with van der Waals surface area (Å²) in [6, 6.07) is 8.29. The Morgan fingerprint density at radius 2 is 2.30 bits per heavy atom. The van der Waals surface area contributed by atoms with E-state index < -0.39 is 0 Å². The summed E-state index contributed by atoms with van der Waals surface area (Å²) in [6.07, 6.45) is 4.83. The van der Waals surface area contributed by atoms with Crippen LogP contribution in [-0.2, 0) is 11.3 Å². The van der Waals surface area contributed by atoms with Crippen LogP contribution in [0, 0.1) is 0 Å². The van der Waals surface area contributed by atoms with Crippen LogP contribution >= 0.6 is 0 Å². The van der Waals surface area contributed by atoms with E-state index in [2.05, 4.69) is 11.0 Å². The molecule has 0 amide bonds. The normalized spacial score (nSPS) is 19.8. The molecule has 0 saturated carbocycles. The van der Waals surface area contributed by atoms with Crippen LogP contribution < -0.4 is 5.73 Å². The number of ether oxygens (including phenoxy) is 1. The SMILES string of the molecule is COC(=O)c1cccc(CN2CCCCC2CCN)c1. The van der Waals surface area contributed by atoms with E-state index in [4.69, 9.17) is 10.5 Å². The zero-order valence-electron chi connectivity index (χ0n) is 12.2. The van der Waals surface area contributed by atoms with Gasteiger partial charge in [0.05, 0.1) is 12.7 Å². The number of hydrogen-bond acceptors (Lipinski definition) is 4. The first kappa shape index (κ1) is 15.0. The van der Waals surface area contributed by atoms with Crippen LogP contribution in [0.1, 0.15) is 41.6 Å². The van der Waals surface area contributed by atoms with Crippen LogP contribution in [0.15, 0.2) is 24.3 Å². The molecule has 2 rings (SSSR count). The Balaban J connectivity index is 2.06. The van der Waals surface area contributed by atoms with Crippen LogP contribution in [0.25, 0.3) is 0 Å². The third-order valence-corrected chi connectivity index (χ3v) is 3.98. The zero-order valence-corrected chi connectivity index (χ0v) is 12.2. The van der Waals surface area contributed by atoms with Gasteiger partial charge in [-0.05, 0) is 50.0 Å². The number of nitrogens with two attached hydrogens (primary N) is 1. The molecule has 0 aliphatic carbocycles. The van der Waals surface area contributed by atoms with Gasteiger partial charge >= 0.3 is 5.97 Å². The number of piperidine rings is 1. The molecule has 1 saturated heterocycles. The molecule has 1 fully saturated rings. The highest BCUT2D eigenvalue weighted by Gasteiger charge is 2.21. The lowest BCUT2D eigenvalue weighted by molar-refractivity contribution is 0.0600. The van der Waals surface area contributed by atoms with Gasteiger partial charge in [-0.3, -0.25) is 4.90 Å². The molecule has 0 bridgehead atoms. The Kier molecular flexibility index (Phi) is 5.56. The molecule has 20 heavy (non-hydrogen) atoms. The van der Waals surface area contributed by atoms with Crippen LogP contribution in [0.4, 0.5) is 0 Å². The fourth-order valence-corrected chi connectivity index (χ4v) is 2.94. The van der Waals surface area contributed by atoms with E-state index in [1.165, 1.54) is 26.4 Å². The van der Waals surface area contributed by atoms with Crippen LogP contribution in [0.2, 0.25) is 0 Å². The summed E-state index contributed by atoms with van der Waals surface area (Å²) in [5.41, 5.74) is 7.50. The number of methoxy groups -OCH3 is 1. The van der Waals surface area contributed by atoms with Gasteiger partial charge in [0.15, 0.2) is 0 Å². The van der Waals surface area contributed by atoms with Gasteiger partial charge < -0.3 is 10.5 Å². The Bertz CT molecular complexity index is 446. The van der Waals surface area contributed by atoms with Crippen molar-refractivity contribution in [3.8, 4) is 0 Å². The first-order chi connectivity index (χ1) is 9.74. The molecule has 1 atom stereocenters. The summed E-state index contributed by atoms with van der Waals surface area (Å²) in [7, 11) is 1.41. The van der Waals surface area contributed by atoms with Crippen LogP contribution in [0.5, 0.6) is 0 Å². The first-order valence-electron chi connectivity index (χ1n) is 7.36. The van der Waals surface area contributed by atoms with E-state index in [1.54, 1.807) is 6.07 Å². The molecule has 2 N–H and O–H groups in total. The minimum absolute atomic E-state index is 0.274. The lowest BCUT2D eigenvalue weighted by atomic mass is 9.98. The predicted molar refractivity (Wildman–Crippen MR) is 79.5 cm³/mol. The summed E-state index contributed by atoms with van der Waals surface area (Å²) in [4.78, 5) is 14.1. The highest BCUT2D eigenvalue weighted by atomic mass is 16.5. The molecule has 4 nitrogen and oxygen atoms in total. The molecule has 1 aliphatic rings. The van der Waals surface area contributed by atoms with E-state index >= 15 is 0 Å². The molecule has 4 heteroatoms. The van der Waals surface area contributed by atoms with Crippen molar-refractivity contribution in [3.05, 3.63) is 35.4 Å². The molecule has 1 heterocycles. The van der Waals surface area contributed by atoms with E-state index in [1.807, 2.05) is 12.1 Å². The van der Waals surface area contributed by atoms with Gasteiger partial charge in [-0.1, -0.05) is 18.6 Å². The second-order valence-electron chi connectivity index (χ2n) is 5.39. The molecule has 1 aromatic rings. The van der Waals surface area contributed by atoms with E-state index in [9.17, 15) is 4.79 Å². The molecule has 0 spiro atoms. The number of carbonyl (C=O) groups excluding carboxylic acids is 1. The van der Waals surface area contributed by atoms with Crippen LogP contribution in [-0.4, -0.2) is 37.1 Å². The third kappa shape index (κ3) is 3.81. The minimum atomic E-state index is -0.274. The fraction of sp³-hybridized carbons (Fsp3) is 0.562. The van der Waals surface area contributed by atoms with Gasteiger partial charge in [-0.2, -0.15) is 0 Å². The van der Waals surface area contributed by atoms with E-state index in [0.717, 1.165) is 31.6 Å². The fourth-order valence-electron chi connectivity index (χ4n) is 2.94. The van der Waals surface area contributed by atoms with Crippen molar-refractivity contribution in [3.63, 3.8) is 0 Å². The molecular weight excluding hydrogens is 252 g/mol. The molecule has 0 aromatic heterocycles. The Hall–Kier alpha value is -1.39. The van der Waals surface area contributed by atoms with Crippen molar-refractivity contribution in [1.82, 2.24) is 4.90 Å². The number of likely N-dealkylation sites (tertiary alicyclic amines) is 1. The molecule has 1 aliphatic heterocycles. The van der Waals surface area contributed by atoms with Crippen molar-refractivity contribution in [2.45, 2.75) is 38.3 Å². The second-order valence-corrected chi connectivity index (χ2v) is 5.39. The average Bonchev–Trinajstić information content (AvgIpc) is 2.49. The lowest BCUT2D eigenvalue weighted by Gasteiger charge is -2.35. The Morgan fingerprint density at radius 1 is 1.45 bits per heavy atom. The van der Waals surface area contributed by atoms with Gasteiger partial charge in [-0.15, -0.1) is 0 Å². The second kappa shape index (κ2) is 7.41. The maximum Gasteiger partial charge on any atom is 0.337 e. The summed E-state index contributed by atoms with van der Waals surface area (Å²) in [5.74, 6) is -0.274. The molecule has 1 aromatic carbocycles. The standard InChI is InChI=1S/C16H24N2O2/c1-20-16(19)14-6-4-5-13(11-14)12-18-10-3-2-7-15(18)8-9-17/h4-6,11,15H,2-3,7-10,12,17H2,1H3. The third-order valence-electron chi connectivity index (χ3n) is 3.98. The molecule has 110 valence electrons. The number of benzene rings is 1. The lowest BCUT2D eigenvalue weighted by Crippen LogP contribution is -2.40. The maximum atomic E-state index is 11.6. The van der Waals surface area contributed by atoms with Gasteiger partial charge in [0.25, 0.3) is 0 Å². The maximum absolute atomic E-state index is 11.6. The first-order valence-corrected chi connectivity index (χ1v) is 7.36. The zero-order chi connectivity index (χ0) is 14.4. The quantitative estimate of drug-likeness (QED) is 0.837. The van der Waals surface area contributed by atoms with Crippen molar-refractivity contribution < 1.29 is 9.53 Å². The predicted octanol–water partition coefficient (Wildman–Crippen LogP) is 2.18. The number of nitrogens with zero attached hydrogens (tertiary/aromatic N) is 1. The molecule has 1 unspecified atom stereocenters. The summed E-state index contributed by atoms with van der Waals surface area (Å²) in [5, 5.41) is 0. The summed E-state index contributed by atoms with van der Waals surface area (Å²) < 4.78 is 4.77. The van der Waals surface area contributed by atoms with Crippen molar-refractivity contribution in [2.24, 2.45) is 5.73 Å². The topological polar surface area (TPSA) is 55.6 Å². The minimum Gasteiger partial charge on any atom is -0.465 e. The molecular formula is C16H24N2O2. The van der Waals surface area contributed by atoms with Gasteiger partial charge in [0.1, 0.15) is 0 Å². The van der Waals surface area contributed by atoms with Gasteiger partial charge in [-0.25, -0.2) is 4.79 Å². The average molecular weight is 276 g/mol. The van der Waals surface area contributed by atoms with E-state index in [0.29, 0.717) is 11.6 Å². The number of carbonyl (C=O) groups is 1. The van der Waals surface area contributed by atoms with Gasteiger partial charge in [0.2, 0.25) is 0 Å². The smallest absolute Gasteiger partial charge is 0.337 e. The monoisotopic (exact) mass is 276 g/mol.